The molecule has 0 bridgehead atoms. The quantitative estimate of drug-likeness (QED) is 0.553. The maximum Gasteiger partial charge on any atom is 0.371 e. The minimum absolute atomic E-state index is 0.207. The molecule has 0 radical (unpaired) electrons. The molecular weight excluding hydrogens is 296 g/mol. The predicted octanol–water partition coefficient (Wildman–Crippen LogP) is 3.42. The van der Waals surface area contributed by atoms with Crippen molar-refractivity contribution in [1.29, 1.82) is 0 Å². The van der Waals surface area contributed by atoms with Crippen molar-refractivity contribution in [2.24, 2.45) is 11.8 Å². The van der Waals surface area contributed by atoms with Gasteiger partial charge < -0.3 is 18.3 Å². The van der Waals surface area contributed by atoms with Crippen LogP contribution in [0.25, 0.3) is 0 Å². The molecule has 5 heteroatoms. The van der Waals surface area contributed by atoms with Crippen molar-refractivity contribution in [3.63, 3.8) is 0 Å². The van der Waals surface area contributed by atoms with Crippen LogP contribution in [0.15, 0.2) is 0 Å². The molecule has 128 valence electrons. The maximum atomic E-state index is 6.40. The Balaban J connectivity index is 1.97. The second-order valence-corrected chi connectivity index (χ2v) is 10.9. The molecule has 3 aliphatic rings. The minimum Gasteiger partial charge on any atom is -0.396 e. The molecule has 0 aromatic carbocycles. The summed E-state index contributed by atoms with van der Waals surface area (Å²) in [6, 6.07) is 1.06. The summed E-state index contributed by atoms with van der Waals surface area (Å²) in [6.07, 6.45) is 9.35. The van der Waals surface area contributed by atoms with E-state index in [1.807, 2.05) is 21.3 Å². The lowest BCUT2D eigenvalue weighted by molar-refractivity contribution is -0.0957. The monoisotopic (exact) mass is 328 g/mol. The molecule has 0 amide bonds. The summed E-state index contributed by atoms with van der Waals surface area (Å²) in [6.45, 7) is 2.28. The third-order valence-electron chi connectivity index (χ3n) is 6.51. The van der Waals surface area contributed by atoms with Gasteiger partial charge in [-0.25, -0.2) is 0 Å². The van der Waals surface area contributed by atoms with Crippen LogP contribution in [-0.2, 0) is 18.3 Å². The fourth-order valence-electron chi connectivity index (χ4n) is 5.54. The van der Waals surface area contributed by atoms with E-state index in [-0.39, 0.29) is 5.22 Å². The SMILES string of the molecule is CCCC1CCC[Si](OC)(OC)C1(OC)C1CCC2OC2C1. The summed E-state index contributed by atoms with van der Waals surface area (Å²) < 4.78 is 24.5. The summed E-state index contributed by atoms with van der Waals surface area (Å²) in [7, 11) is 3.20. The minimum atomic E-state index is -2.39. The van der Waals surface area contributed by atoms with Gasteiger partial charge in [-0.15, -0.1) is 0 Å². The number of epoxide rings is 1. The van der Waals surface area contributed by atoms with E-state index in [1.54, 1.807) is 0 Å². The summed E-state index contributed by atoms with van der Waals surface area (Å²) in [4.78, 5) is 0. The van der Waals surface area contributed by atoms with E-state index in [0.717, 1.165) is 12.5 Å². The highest BCUT2D eigenvalue weighted by Crippen LogP contribution is 2.55. The standard InChI is InChI=1S/C17H32O4Si/c1-5-7-13-8-6-11-22(19-3,20-4)17(13,18-2)14-9-10-15-16(12-14)21-15/h13-16H,5-12H2,1-4H3. The first-order valence-electron chi connectivity index (χ1n) is 8.98. The van der Waals surface area contributed by atoms with Gasteiger partial charge in [-0.05, 0) is 50.0 Å². The van der Waals surface area contributed by atoms with Gasteiger partial charge in [0.15, 0.2) is 0 Å². The number of rotatable bonds is 6. The van der Waals surface area contributed by atoms with Crippen LogP contribution in [0.3, 0.4) is 0 Å². The summed E-state index contributed by atoms with van der Waals surface area (Å²) in [5.41, 5.74) is 0. The topological polar surface area (TPSA) is 40.2 Å². The molecule has 2 aliphatic heterocycles. The van der Waals surface area contributed by atoms with Crippen molar-refractivity contribution in [3.8, 4) is 0 Å². The van der Waals surface area contributed by atoms with E-state index >= 15 is 0 Å². The first-order valence-corrected chi connectivity index (χ1v) is 11.0. The summed E-state index contributed by atoms with van der Waals surface area (Å²) >= 11 is 0. The van der Waals surface area contributed by atoms with Gasteiger partial charge in [0.25, 0.3) is 0 Å². The Morgan fingerprint density at radius 1 is 1.09 bits per heavy atom. The van der Waals surface area contributed by atoms with Crippen LogP contribution in [0.2, 0.25) is 6.04 Å². The average molecular weight is 329 g/mol. The van der Waals surface area contributed by atoms with E-state index in [0.29, 0.717) is 24.0 Å². The molecule has 1 saturated carbocycles. The third-order valence-corrected chi connectivity index (χ3v) is 11.0. The molecule has 5 atom stereocenters. The van der Waals surface area contributed by atoms with Gasteiger partial charge in [-0.3, -0.25) is 0 Å². The molecule has 0 spiro atoms. The molecular formula is C17H32O4Si. The van der Waals surface area contributed by atoms with Crippen molar-refractivity contribution < 1.29 is 18.3 Å². The van der Waals surface area contributed by atoms with E-state index in [4.69, 9.17) is 18.3 Å². The molecule has 5 unspecified atom stereocenters. The van der Waals surface area contributed by atoms with Crippen LogP contribution < -0.4 is 0 Å². The second kappa shape index (κ2) is 6.52. The highest BCUT2D eigenvalue weighted by atomic mass is 28.4. The highest BCUT2D eigenvalue weighted by molar-refractivity contribution is 6.71. The van der Waals surface area contributed by atoms with Gasteiger partial charge >= 0.3 is 8.56 Å². The fraction of sp³-hybridized carbons (Fsp3) is 1.00. The Labute approximate surface area is 136 Å². The summed E-state index contributed by atoms with van der Waals surface area (Å²) in [5, 5.41) is -0.207. The number of fused-ring (bicyclic) bond motifs is 1. The number of methoxy groups -OCH3 is 1. The van der Waals surface area contributed by atoms with Crippen molar-refractivity contribution in [3.05, 3.63) is 0 Å². The van der Waals surface area contributed by atoms with Gasteiger partial charge in [0.2, 0.25) is 0 Å². The van der Waals surface area contributed by atoms with Gasteiger partial charge in [-0.2, -0.15) is 0 Å². The average Bonchev–Trinajstić information content (AvgIpc) is 3.33. The molecule has 2 saturated heterocycles. The highest BCUT2D eigenvalue weighted by Gasteiger charge is 2.67. The van der Waals surface area contributed by atoms with E-state index in [2.05, 4.69) is 6.92 Å². The van der Waals surface area contributed by atoms with Crippen LogP contribution in [0.4, 0.5) is 0 Å². The van der Waals surface area contributed by atoms with Crippen molar-refractivity contribution in [2.45, 2.75) is 75.3 Å². The zero-order valence-corrected chi connectivity index (χ0v) is 15.6. The van der Waals surface area contributed by atoms with E-state index < -0.39 is 8.56 Å². The lowest BCUT2D eigenvalue weighted by atomic mass is 9.76. The Morgan fingerprint density at radius 3 is 2.45 bits per heavy atom. The van der Waals surface area contributed by atoms with E-state index in [1.165, 1.54) is 38.5 Å². The fourth-order valence-corrected chi connectivity index (χ4v) is 9.92. The van der Waals surface area contributed by atoms with Gasteiger partial charge in [0.1, 0.15) is 5.22 Å². The van der Waals surface area contributed by atoms with Crippen molar-refractivity contribution in [1.82, 2.24) is 0 Å². The zero-order valence-electron chi connectivity index (χ0n) is 14.6. The largest absolute Gasteiger partial charge is 0.396 e. The lowest BCUT2D eigenvalue weighted by Crippen LogP contribution is -2.72. The smallest absolute Gasteiger partial charge is 0.371 e. The molecule has 0 N–H and O–H groups in total. The molecule has 22 heavy (non-hydrogen) atoms. The second-order valence-electron chi connectivity index (χ2n) is 7.26. The first kappa shape index (κ1) is 16.9. The molecule has 3 rings (SSSR count). The van der Waals surface area contributed by atoms with Gasteiger partial charge in [0.05, 0.1) is 12.2 Å². The van der Waals surface area contributed by atoms with Gasteiger partial charge in [0, 0.05) is 21.3 Å². The molecule has 4 nitrogen and oxygen atoms in total. The van der Waals surface area contributed by atoms with Crippen LogP contribution in [0.5, 0.6) is 0 Å². The van der Waals surface area contributed by atoms with Gasteiger partial charge in [-0.1, -0.05) is 19.8 Å². The van der Waals surface area contributed by atoms with E-state index in [9.17, 15) is 0 Å². The number of ether oxygens (including phenoxy) is 2. The molecule has 1 aliphatic carbocycles. The zero-order chi connectivity index (χ0) is 15.8. The Bertz CT molecular complexity index is 385. The molecule has 3 fully saturated rings. The maximum absolute atomic E-state index is 6.40. The molecule has 0 aromatic rings. The number of hydrogen-bond donors (Lipinski definition) is 0. The Hall–Kier alpha value is 0.0569. The van der Waals surface area contributed by atoms with Crippen LogP contribution in [0, 0.1) is 11.8 Å². The predicted molar refractivity (Wildman–Crippen MR) is 88.0 cm³/mol. The molecule has 2 heterocycles. The normalized spacial score (nSPS) is 43.6. The molecule has 0 aromatic heterocycles. The van der Waals surface area contributed by atoms with Crippen LogP contribution >= 0.6 is 0 Å². The summed E-state index contributed by atoms with van der Waals surface area (Å²) in [5.74, 6) is 1.08. The lowest BCUT2D eigenvalue weighted by Gasteiger charge is -2.56. The van der Waals surface area contributed by atoms with Crippen LogP contribution in [0.1, 0.15) is 51.9 Å². The van der Waals surface area contributed by atoms with Crippen molar-refractivity contribution in [2.75, 3.05) is 21.3 Å². The Kier molecular flexibility index (Phi) is 5.00. The Morgan fingerprint density at radius 2 is 1.86 bits per heavy atom. The van der Waals surface area contributed by atoms with Crippen molar-refractivity contribution >= 4 is 8.56 Å². The van der Waals surface area contributed by atoms with Crippen LogP contribution in [-0.4, -0.2) is 47.3 Å². The third kappa shape index (κ3) is 2.40. The first-order chi connectivity index (χ1) is 10.7. The number of hydrogen-bond acceptors (Lipinski definition) is 4.